The third-order valence-electron chi connectivity index (χ3n) is 3.63. The molecular formula is C17H20N4O. The molecule has 0 saturated heterocycles. The van der Waals surface area contributed by atoms with Gasteiger partial charge in [0, 0.05) is 18.8 Å². The van der Waals surface area contributed by atoms with E-state index < -0.39 is 0 Å². The number of rotatable bonds is 2. The van der Waals surface area contributed by atoms with Crippen molar-refractivity contribution in [1.82, 2.24) is 14.1 Å². The Kier molecular flexibility index (Phi) is 3.28. The molecule has 0 unspecified atom stereocenters. The molecule has 3 aromatic rings. The largest absolute Gasteiger partial charge is 0.347 e. The second-order valence-electron chi connectivity index (χ2n) is 6.39. The summed E-state index contributed by atoms with van der Waals surface area (Å²) < 4.78 is 3.85. The molecule has 0 atom stereocenters. The van der Waals surface area contributed by atoms with E-state index >= 15 is 0 Å². The van der Waals surface area contributed by atoms with E-state index in [1.54, 1.807) is 10.6 Å². The highest BCUT2D eigenvalue weighted by molar-refractivity contribution is 6.03. The molecular weight excluding hydrogens is 276 g/mol. The highest BCUT2D eigenvalue weighted by Gasteiger charge is 2.23. The van der Waals surface area contributed by atoms with E-state index in [1.807, 2.05) is 43.6 Å². The van der Waals surface area contributed by atoms with Crippen molar-refractivity contribution in [2.75, 3.05) is 5.32 Å². The zero-order valence-electron chi connectivity index (χ0n) is 13.3. The minimum atomic E-state index is -0.188. The predicted octanol–water partition coefficient (Wildman–Crippen LogP) is 3.38. The highest BCUT2D eigenvalue weighted by atomic mass is 16.2. The number of hydrogen-bond donors (Lipinski definition) is 1. The average Bonchev–Trinajstić information content (AvgIpc) is 3.00. The minimum Gasteiger partial charge on any atom is -0.347 e. The van der Waals surface area contributed by atoms with E-state index in [0.29, 0.717) is 11.6 Å². The van der Waals surface area contributed by atoms with Crippen LogP contribution in [0.4, 0.5) is 5.95 Å². The predicted molar refractivity (Wildman–Crippen MR) is 88.1 cm³/mol. The van der Waals surface area contributed by atoms with E-state index in [0.717, 1.165) is 11.0 Å². The van der Waals surface area contributed by atoms with E-state index in [-0.39, 0.29) is 11.4 Å². The van der Waals surface area contributed by atoms with E-state index in [1.165, 1.54) is 0 Å². The molecule has 3 rings (SSSR count). The van der Waals surface area contributed by atoms with Crippen molar-refractivity contribution in [3.8, 4) is 0 Å². The summed E-state index contributed by atoms with van der Waals surface area (Å²) in [6, 6.07) is 11.5. The number of hydrogen-bond acceptors (Lipinski definition) is 2. The SMILES string of the molecule is Cn1cccc1C(=O)Nc1nc2ccccc2n1C(C)(C)C. The van der Waals surface area contributed by atoms with Crippen LogP contribution in [-0.4, -0.2) is 20.0 Å². The molecule has 114 valence electrons. The summed E-state index contributed by atoms with van der Waals surface area (Å²) in [4.78, 5) is 17.0. The maximum Gasteiger partial charge on any atom is 0.274 e. The van der Waals surface area contributed by atoms with Crippen LogP contribution < -0.4 is 5.32 Å². The smallest absolute Gasteiger partial charge is 0.274 e. The number of amides is 1. The first kappa shape index (κ1) is 14.4. The molecule has 2 aromatic heterocycles. The number of anilines is 1. The Bertz CT molecular complexity index is 836. The van der Waals surface area contributed by atoms with Crippen LogP contribution in [0.25, 0.3) is 11.0 Å². The Morgan fingerprint density at radius 2 is 1.86 bits per heavy atom. The fourth-order valence-electron chi connectivity index (χ4n) is 2.65. The molecule has 0 aliphatic rings. The van der Waals surface area contributed by atoms with Crippen LogP contribution in [0, 0.1) is 0 Å². The lowest BCUT2D eigenvalue weighted by Crippen LogP contribution is -2.26. The van der Waals surface area contributed by atoms with E-state index in [9.17, 15) is 4.79 Å². The van der Waals surface area contributed by atoms with Gasteiger partial charge in [-0.3, -0.25) is 10.1 Å². The van der Waals surface area contributed by atoms with Crippen molar-refractivity contribution in [2.45, 2.75) is 26.3 Å². The number of fused-ring (bicyclic) bond motifs is 1. The van der Waals surface area contributed by atoms with Crippen LogP contribution in [-0.2, 0) is 12.6 Å². The molecule has 0 aliphatic heterocycles. The molecule has 0 radical (unpaired) electrons. The monoisotopic (exact) mass is 296 g/mol. The average molecular weight is 296 g/mol. The van der Waals surface area contributed by atoms with Gasteiger partial charge in [-0.05, 0) is 45.0 Å². The number of para-hydroxylation sites is 2. The molecule has 5 heteroatoms. The Hall–Kier alpha value is -2.56. The number of nitrogens with zero attached hydrogens (tertiary/aromatic N) is 3. The molecule has 1 amide bonds. The van der Waals surface area contributed by atoms with Gasteiger partial charge in [-0.15, -0.1) is 0 Å². The molecule has 1 N–H and O–H groups in total. The Morgan fingerprint density at radius 3 is 2.50 bits per heavy atom. The summed E-state index contributed by atoms with van der Waals surface area (Å²) in [5, 5.41) is 2.94. The summed E-state index contributed by atoms with van der Waals surface area (Å²) in [6.07, 6.45) is 1.85. The molecule has 22 heavy (non-hydrogen) atoms. The number of nitrogens with one attached hydrogen (secondary N) is 1. The topological polar surface area (TPSA) is 51.9 Å². The normalized spacial score (nSPS) is 11.8. The lowest BCUT2D eigenvalue weighted by Gasteiger charge is -2.24. The summed E-state index contributed by atoms with van der Waals surface area (Å²) in [5.41, 5.74) is 2.30. The zero-order chi connectivity index (χ0) is 15.9. The van der Waals surface area contributed by atoms with E-state index in [4.69, 9.17) is 0 Å². The quantitative estimate of drug-likeness (QED) is 0.788. The number of carbonyl (C=O) groups is 1. The first-order valence-corrected chi connectivity index (χ1v) is 7.28. The molecule has 0 saturated carbocycles. The molecule has 2 heterocycles. The fourth-order valence-corrected chi connectivity index (χ4v) is 2.65. The van der Waals surface area contributed by atoms with Gasteiger partial charge in [0.25, 0.3) is 5.91 Å². The Balaban J connectivity index is 2.07. The maximum absolute atomic E-state index is 12.5. The first-order valence-electron chi connectivity index (χ1n) is 7.28. The second-order valence-corrected chi connectivity index (χ2v) is 6.39. The number of aromatic nitrogens is 3. The van der Waals surface area contributed by atoms with Crippen molar-refractivity contribution in [1.29, 1.82) is 0 Å². The minimum absolute atomic E-state index is 0.159. The fraction of sp³-hybridized carbons (Fsp3) is 0.294. The summed E-state index contributed by atoms with van der Waals surface area (Å²) in [6.45, 7) is 6.29. The molecule has 0 aliphatic carbocycles. The summed E-state index contributed by atoms with van der Waals surface area (Å²) in [5.74, 6) is 0.410. The van der Waals surface area contributed by atoms with Gasteiger partial charge in [-0.25, -0.2) is 4.98 Å². The van der Waals surface area contributed by atoms with Gasteiger partial charge in [0.15, 0.2) is 0 Å². The van der Waals surface area contributed by atoms with Gasteiger partial charge in [0.05, 0.1) is 11.0 Å². The third-order valence-corrected chi connectivity index (χ3v) is 3.63. The molecule has 1 aromatic carbocycles. The van der Waals surface area contributed by atoms with Crippen molar-refractivity contribution in [3.05, 3.63) is 48.3 Å². The van der Waals surface area contributed by atoms with Crippen molar-refractivity contribution in [3.63, 3.8) is 0 Å². The second kappa shape index (κ2) is 5.02. The van der Waals surface area contributed by atoms with Crippen LogP contribution in [0.15, 0.2) is 42.6 Å². The standard InChI is InChI=1S/C17H20N4O/c1-17(2,3)21-13-9-6-5-8-12(13)18-16(21)19-15(22)14-10-7-11-20(14)4/h5-11H,1-4H3,(H,18,19,22). The van der Waals surface area contributed by atoms with Crippen molar-refractivity contribution >= 4 is 22.9 Å². The number of aryl methyl sites for hydroxylation is 1. The highest BCUT2D eigenvalue weighted by Crippen LogP contribution is 2.28. The van der Waals surface area contributed by atoms with Gasteiger partial charge in [0.2, 0.25) is 5.95 Å². The Labute approximate surface area is 129 Å². The maximum atomic E-state index is 12.5. The van der Waals surface area contributed by atoms with Gasteiger partial charge in [-0.1, -0.05) is 12.1 Å². The molecule has 0 bridgehead atoms. The molecule has 5 nitrogen and oxygen atoms in total. The van der Waals surface area contributed by atoms with Crippen LogP contribution in [0.3, 0.4) is 0 Å². The first-order chi connectivity index (χ1) is 10.4. The number of imidazole rings is 1. The van der Waals surface area contributed by atoms with Gasteiger partial charge in [-0.2, -0.15) is 0 Å². The summed E-state index contributed by atoms with van der Waals surface area (Å²) in [7, 11) is 1.85. The lowest BCUT2D eigenvalue weighted by molar-refractivity contribution is 0.101. The van der Waals surface area contributed by atoms with Gasteiger partial charge >= 0.3 is 0 Å². The van der Waals surface area contributed by atoms with Gasteiger partial charge in [0.1, 0.15) is 5.69 Å². The van der Waals surface area contributed by atoms with Crippen LogP contribution in [0.5, 0.6) is 0 Å². The molecule has 0 fully saturated rings. The van der Waals surface area contributed by atoms with Crippen LogP contribution in [0.1, 0.15) is 31.3 Å². The number of benzene rings is 1. The van der Waals surface area contributed by atoms with Crippen molar-refractivity contribution in [2.24, 2.45) is 7.05 Å². The van der Waals surface area contributed by atoms with Crippen molar-refractivity contribution < 1.29 is 4.79 Å². The van der Waals surface area contributed by atoms with Crippen LogP contribution >= 0.6 is 0 Å². The summed E-state index contributed by atoms with van der Waals surface area (Å²) >= 11 is 0. The Morgan fingerprint density at radius 1 is 1.14 bits per heavy atom. The van der Waals surface area contributed by atoms with E-state index in [2.05, 4.69) is 35.6 Å². The zero-order valence-corrected chi connectivity index (χ0v) is 13.3. The third kappa shape index (κ3) is 2.39. The number of carbonyl (C=O) groups excluding carboxylic acids is 1. The molecule has 0 spiro atoms. The van der Waals surface area contributed by atoms with Crippen LogP contribution in [0.2, 0.25) is 0 Å². The van der Waals surface area contributed by atoms with Gasteiger partial charge < -0.3 is 9.13 Å². The lowest BCUT2D eigenvalue weighted by atomic mass is 10.1.